The zero-order valence-corrected chi connectivity index (χ0v) is 9.69. The molecule has 5 nitrogen and oxygen atoms in total. The summed E-state index contributed by atoms with van der Waals surface area (Å²) >= 11 is 0. The van der Waals surface area contributed by atoms with E-state index in [-0.39, 0.29) is 0 Å². The molecule has 0 aliphatic carbocycles. The van der Waals surface area contributed by atoms with E-state index in [9.17, 15) is 13.2 Å². The summed E-state index contributed by atoms with van der Waals surface area (Å²) in [5, 5.41) is 0. The second-order valence-electron chi connectivity index (χ2n) is 4.18. The van der Waals surface area contributed by atoms with Gasteiger partial charge in [-0.3, -0.25) is 9.88 Å². The highest BCUT2D eigenvalue weighted by Gasteiger charge is 2.32. The topological polar surface area (TPSA) is 58.3 Å². The Morgan fingerprint density at radius 2 is 1.83 bits per heavy atom. The van der Waals surface area contributed by atoms with E-state index >= 15 is 0 Å². The van der Waals surface area contributed by atoms with Crippen molar-refractivity contribution in [2.24, 2.45) is 0 Å². The minimum atomic E-state index is -4.14. The molecule has 0 saturated carbocycles. The molecular weight excluding hydrogens is 247 g/mol. The quantitative estimate of drug-likeness (QED) is 0.851. The summed E-state index contributed by atoms with van der Waals surface area (Å²) < 4.78 is 36.7. The van der Waals surface area contributed by atoms with Gasteiger partial charge < -0.3 is 10.6 Å². The van der Waals surface area contributed by atoms with Crippen LogP contribution in [0.15, 0.2) is 12.4 Å². The van der Waals surface area contributed by atoms with E-state index < -0.39 is 12.7 Å². The highest BCUT2D eigenvalue weighted by atomic mass is 19.4. The Labute approximate surface area is 102 Å². The second kappa shape index (κ2) is 4.97. The van der Waals surface area contributed by atoms with Crippen molar-refractivity contribution in [3.63, 3.8) is 0 Å². The summed E-state index contributed by atoms with van der Waals surface area (Å²) in [7, 11) is 0. The van der Waals surface area contributed by atoms with Gasteiger partial charge in [0, 0.05) is 26.2 Å². The number of nitrogen functional groups attached to an aromatic ring is 1. The molecule has 2 rings (SSSR count). The van der Waals surface area contributed by atoms with Gasteiger partial charge in [-0.15, -0.1) is 0 Å². The Kier molecular flexibility index (Phi) is 3.55. The fraction of sp³-hybridized carbons (Fsp3) is 0.600. The molecule has 0 bridgehead atoms. The van der Waals surface area contributed by atoms with E-state index in [1.54, 1.807) is 6.20 Å². The van der Waals surface area contributed by atoms with Gasteiger partial charge in [0.25, 0.3) is 0 Å². The Morgan fingerprint density at radius 1 is 1.17 bits per heavy atom. The summed E-state index contributed by atoms with van der Waals surface area (Å²) in [5.41, 5.74) is 5.52. The molecule has 0 aromatic carbocycles. The van der Waals surface area contributed by atoms with Gasteiger partial charge in [0.15, 0.2) is 0 Å². The Balaban J connectivity index is 1.91. The largest absolute Gasteiger partial charge is 0.401 e. The van der Waals surface area contributed by atoms with E-state index in [1.807, 2.05) is 4.90 Å². The minimum Gasteiger partial charge on any atom is -0.382 e. The van der Waals surface area contributed by atoms with Gasteiger partial charge >= 0.3 is 6.18 Å². The fourth-order valence-electron chi connectivity index (χ4n) is 1.91. The molecular formula is C10H14F3N5. The van der Waals surface area contributed by atoms with Crippen molar-refractivity contribution >= 4 is 11.6 Å². The minimum absolute atomic E-state index is 0.310. The highest BCUT2D eigenvalue weighted by Crippen LogP contribution is 2.19. The number of hydrogen-bond donors (Lipinski definition) is 1. The zero-order valence-electron chi connectivity index (χ0n) is 9.69. The van der Waals surface area contributed by atoms with Gasteiger partial charge in [0.05, 0.1) is 18.9 Å². The number of nitrogens with two attached hydrogens (primary N) is 1. The van der Waals surface area contributed by atoms with Crippen LogP contribution in [0.1, 0.15) is 0 Å². The van der Waals surface area contributed by atoms with E-state index in [1.165, 1.54) is 11.1 Å². The van der Waals surface area contributed by atoms with Crippen LogP contribution in [0.2, 0.25) is 0 Å². The lowest BCUT2D eigenvalue weighted by molar-refractivity contribution is -0.146. The molecule has 0 spiro atoms. The van der Waals surface area contributed by atoms with E-state index in [2.05, 4.69) is 9.97 Å². The first-order valence-electron chi connectivity index (χ1n) is 5.55. The van der Waals surface area contributed by atoms with Gasteiger partial charge in [-0.05, 0) is 0 Å². The average molecular weight is 261 g/mol. The first kappa shape index (κ1) is 12.9. The molecule has 1 aliphatic rings. The van der Waals surface area contributed by atoms with Gasteiger partial charge in [-0.2, -0.15) is 13.2 Å². The molecule has 0 unspecified atom stereocenters. The van der Waals surface area contributed by atoms with E-state index in [0.717, 1.165) is 0 Å². The smallest absolute Gasteiger partial charge is 0.382 e. The number of alkyl halides is 3. The molecule has 2 heterocycles. The van der Waals surface area contributed by atoms with Crippen LogP contribution in [-0.2, 0) is 0 Å². The van der Waals surface area contributed by atoms with Crippen molar-refractivity contribution in [1.29, 1.82) is 0 Å². The van der Waals surface area contributed by atoms with Crippen LogP contribution in [0.5, 0.6) is 0 Å². The third kappa shape index (κ3) is 3.46. The molecule has 1 fully saturated rings. The number of nitrogens with zero attached hydrogens (tertiary/aromatic N) is 4. The third-order valence-corrected chi connectivity index (χ3v) is 2.74. The monoisotopic (exact) mass is 261 g/mol. The molecule has 1 aromatic rings. The van der Waals surface area contributed by atoms with Gasteiger partial charge in [-0.1, -0.05) is 0 Å². The fourth-order valence-corrected chi connectivity index (χ4v) is 1.91. The molecule has 1 aliphatic heterocycles. The van der Waals surface area contributed by atoms with E-state index in [4.69, 9.17) is 5.73 Å². The predicted molar refractivity (Wildman–Crippen MR) is 61.2 cm³/mol. The lowest BCUT2D eigenvalue weighted by Crippen LogP contribution is -2.49. The SMILES string of the molecule is Nc1cncc(N2CCN(CC(F)(F)F)CC2)n1. The average Bonchev–Trinajstić information content (AvgIpc) is 2.28. The number of hydrogen-bond acceptors (Lipinski definition) is 5. The number of aromatic nitrogens is 2. The summed E-state index contributed by atoms with van der Waals surface area (Å²) in [4.78, 5) is 11.3. The molecule has 0 atom stereocenters. The molecule has 0 amide bonds. The van der Waals surface area contributed by atoms with Gasteiger partial charge in [-0.25, -0.2) is 4.98 Å². The molecule has 8 heteroatoms. The lowest BCUT2D eigenvalue weighted by atomic mass is 10.3. The summed E-state index contributed by atoms with van der Waals surface area (Å²) in [6, 6.07) is 0. The Bertz CT molecular complexity index is 401. The van der Waals surface area contributed by atoms with Crippen molar-refractivity contribution in [3.8, 4) is 0 Å². The number of piperazine rings is 1. The predicted octanol–water partition coefficient (Wildman–Crippen LogP) is 0.743. The van der Waals surface area contributed by atoms with Crippen LogP contribution in [0.4, 0.5) is 24.8 Å². The Hall–Kier alpha value is -1.57. The molecule has 0 radical (unpaired) electrons. The van der Waals surface area contributed by atoms with Crippen molar-refractivity contribution in [1.82, 2.24) is 14.9 Å². The first-order chi connectivity index (χ1) is 8.44. The first-order valence-corrected chi connectivity index (χ1v) is 5.55. The lowest BCUT2D eigenvalue weighted by Gasteiger charge is -2.35. The maximum atomic E-state index is 12.2. The van der Waals surface area contributed by atoms with Crippen molar-refractivity contribution < 1.29 is 13.2 Å². The highest BCUT2D eigenvalue weighted by molar-refractivity contribution is 5.41. The van der Waals surface area contributed by atoms with Crippen molar-refractivity contribution in [2.45, 2.75) is 6.18 Å². The standard InChI is InChI=1S/C10H14F3N5/c11-10(12,13)7-17-1-3-18(4-2-17)9-6-15-5-8(14)16-9/h5-6H,1-4,7H2,(H2,14,16). The van der Waals surface area contributed by atoms with Crippen LogP contribution in [-0.4, -0.2) is 53.8 Å². The van der Waals surface area contributed by atoms with Crippen LogP contribution < -0.4 is 10.6 Å². The molecule has 1 aromatic heterocycles. The summed E-state index contributed by atoms with van der Waals surface area (Å²) in [5.74, 6) is 0.923. The van der Waals surface area contributed by atoms with Crippen LogP contribution in [0, 0.1) is 0 Å². The molecule has 1 saturated heterocycles. The van der Waals surface area contributed by atoms with Gasteiger partial charge in [0.2, 0.25) is 0 Å². The molecule has 100 valence electrons. The normalized spacial score (nSPS) is 18.1. The van der Waals surface area contributed by atoms with Crippen LogP contribution >= 0.6 is 0 Å². The van der Waals surface area contributed by atoms with Crippen molar-refractivity contribution in [3.05, 3.63) is 12.4 Å². The number of halogens is 3. The molecule has 18 heavy (non-hydrogen) atoms. The maximum absolute atomic E-state index is 12.2. The zero-order chi connectivity index (χ0) is 13.2. The second-order valence-corrected chi connectivity index (χ2v) is 4.18. The van der Waals surface area contributed by atoms with Crippen molar-refractivity contribution in [2.75, 3.05) is 43.4 Å². The van der Waals surface area contributed by atoms with Crippen LogP contribution in [0.25, 0.3) is 0 Å². The number of rotatable bonds is 2. The third-order valence-electron chi connectivity index (χ3n) is 2.74. The van der Waals surface area contributed by atoms with Crippen LogP contribution in [0.3, 0.4) is 0 Å². The molecule has 2 N–H and O–H groups in total. The number of anilines is 2. The Morgan fingerprint density at radius 3 is 2.39 bits per heavy atom. The van der Waals surface area contributed by atoms with Gasteiger partial charge in [0.1, 0.15) is 11.6 Å². The van der Waals surface area contributed by atoms with E-state index in [0.29, 0.717) is 37.8 Å². The summed E-state index contributed by atoms with van der Waals surface area (Å²) in [6.07, 6.45) is -1.14. The summed E-state index contributed by atoms with van der Waals surface area (Å²) in [6.45, 7) is 0.845. The maximum Gasteiger partial charge on any atom is 0.401 e.